The quantitative estimate of drug-likeness (QED) is 0.831. The van der Waals surface area contributed by atoms with Crippen molar-refractivity contribution < 1.29 is 4.79 Å². The number of nitrogens with one attached hydrogen (secondary N) is 1. The van der Waals surface area contributed by atoms with Crippen molar-refractivity contribution in [2.45, 2.75) is 49.5 Å². The van der Waals surface area contributed by atoms with Gasteiger partial charge in [-0.2, -0.15) is 0 Å². The van der Waals surface area contributed by atoms with Gasteiger partial charge in [-0.25, -0.2) is 4.98 Å². The van der Waals surface area contributed by atoms with Gasteiger partial charge in [-0.1, -0.05) is 13.8 Å². The summed E-state index contributed by atoms with van der Waals surface area (Å²) in [5, 5.41) is 5.92. The Morgan fingerprint density at radius 1 is 1.26 bits per heavy atom. The molecule has 1 spiro atoms. The zero-order chi connectivity index (χ0) is 16.0. The number of anilines is 1. The van der Waals surface area contributed by atoms with Gasteiger partial charge in [-0.3, -0.25) is 4.79 Å². The van der Waals surface area contributed by atoms with E-state index in [1.54, 1.807) is 11.3 Å². The van der Waals surface area contributed by atoms with Crippen molar-refractivity contribution >= 4 is 45.9 Å². The normalized spacial score (nSPS) is 31.9. The molecule has 1 amide bonds. The highest BCUT2D eigenvalue weighted by atomic mass is 32.2. The minimum Gasteiger partial charge on any atom is -0.302 e. The highest BCUT2D eigenvalue weighted by molar-refractivity contribution is 8.21. The van der Waals surface area contributed by atoms with Crippen LogP contribution < -0.4 is 5.32 Å². The molecule has 2 saturated carbocycles. The van der Waals surface area contributed by atoms with Gasteiger partial charge in [-0.15, -0.1) is 34.9 Å². The largest absolute Gasteiger partial charge is 0.302 e. The van der Waals surface area contributed by atoms with Gasteiger partial charge >= 0.3 is 0 Å². The fraction of sp³-hybridized carbons (Fsp3) is 0.765. The Labute approximate surface area is 150 Å². The van der Waals surface area contributed by atoms with E-state index in [4.69, 9.17) is 0 Å². The van der Waals surface area contributed by atoms with Gasteiger partial charge in [0.15, 0.2) is 5.13 Å². The number of rotatable bonds is 3. The molecule has 2 atom stereocenters. The summed E-state index contributed by atoms with van der Waals surface area (Å²) in [6.45, 7) is 4.27. The molecule has 2 unspecified atom stereocenters. The number of thiazole rings is 1. The molecule has 1 aliphatic heterocycles. The predicted molar refractivity (Wildman–Crippen MR) is 101 cm³/mol. The Bertz CT molecular complexity index is 578. The number of hydrogen-bond donors (Lipinski definition) is 1. The maximum atomic E-state index is 12.7. The van der Waals surface area contributed by atoms with Crippen molar-refractivity contribution in [2.24, 2.45) is 17.8 Å². The topological polar surface area (TPSA) is 42.0 Å². The first kappa shape index (κ1) is 16.3. The van der Waals surface area contributed by atoms with Crippen LogP contribution in [0.1, 0.15) is 51.1 Å². The van der Waals surface area contributed by atoms with E-state index in [1.807, 2.05) is 0 Å². The third-order valence-corrected chi connectivity index (χ3v) is 10.4. The van der Waals surface area contributed by atoms with E-state index in [0.29, 0.717) is 10.00 Å². The molecule has 2 heterocycles. The van der Waals surface area contributed by atoms with Crippen LogP contribution in [0, 0.1) is 17.8 Å². The summed E-state index contributed by atoms with van der Waals surface area (Å²) in [5.74, 6) is 4.87. The Balaban J connectivity index is 1.42. The number of aromatic nitrogens is 1. The lowest BCUT2D eigenvalue weighted by Crippen LogP contribution is -2.41. The Hall–Kier alpha value is -0.200. The second-order valence-electron chi connectivity index (χ2n) is 7.28. The van der Waals surface area contributed by atoms with E-state index in [1.165, 1.54) is 24.3 Å². The second-order valence-corrected chi connectivity index (χ2v) is 11.1. The molecule has 1 saturated heterocycles. The molecule has 0 radical (unpaired) electrons. The molecular formula is C17H24N2OS3. The maximum absolute atomic E-state index is 12.7. The van der Waals surface area contributed by atoms with Gasteiger partial charge in [0, 0.05) is 22.8 Å². The molecule has 3 nitrogen and oxygen atoms in total. The van der Waals surface area contributed by atoms with Crippen molar-refractivity contribution in [1.82, 2.24) is 4.98 Å². The number of nitrogens with zero attached hydrogens (tertiary/aromatic N) is 1. The van der Waals surface area contributed by atoms with Crippen LogP contribution in [0.15, 0.2) is 5.38 Å². The van der Waals surface area contributed by atoms with Crippen molar-refractivity contribution in [3.63, 3.8) is 0 Å². The van der Waals surface area contributed by atoms with Crippen molar-refractivity contribution in [3.8, 4) is 0 Å². The molecule has 6 heteroatoms. The summed E-state index contributed by atoms with van der Waals surface area (Å²) >= 11 is 5.93. The molecule has 1 N–H and O–H groups in total. The van der Waals surface area contributed by atoms with Crippen LogP contribution in [0.25, 0.3) is 0 Å². The van der Waals surface area contributed by atoms with Crippen LogP contribution in [0.5, 0.6) is 0 Å². The van der Waals surface area contributed by atoms with Crippen LogP contribution >= 0.6 is 34.9 Å². The highest BCUT2D eigenvalue weighted by Crippen LogP contribution is 2.65. The Morgan fingerprint density at radius 2 is 1.91 bits per heavy atom. The minimum absolute atomic E-state index is 0.186. The third-order valence-electron chi connectivity index (χ3n) is 5.59. The lowest BCUT2D eigenvalue weighted by molar-refractivity contribution is -0.121. The highest BCUT2D eigenvalue weighted by Gasteiger charge is 2.57. The van der Waals surface area contributed by atoms with E-state index in [-0.39, 0.29) is 11.8 Å². The molecule has 4 rings (SSSR count). The minimum atomic E-state index is 0.186. The number of carbonyl (C=O) groups is 1. The average molecular weight is 369 g/mol. The number of amides is 1. The molecular weight excluding hydrogens is 344 g/mol. The van der Waals surface area contributed by atoms with Gasteiger partial charge in [0.2, 0.25) is 5.91 Å². The summed E-state index contributed by atoms with van der Waals surface area (Å²) in [7, 11) is 0. The van der Waals surface area contributed by atoms with Crippen LogP contribution in [-0.2, 0) is 4.79 Å². The number of carbonyl (C=O) groups excluding carboxylic acids is 1. The molecule has 126 valence electrons. The molecule has 2 bridgehead atoms. The second kappa shape index (κ2) is 6.26. The molecule has 3 fully saturated rings. The van der Waals surface area contributed by atoms with E-state index < -0.39 is 0 Å². The zero-order valence-electron chi connectivity index (χ0n) is 13.7. The van der Waals surface area contributed by atoms with Crippen molar-refractivity contribution in [3.05, 3.63) is 11.1 Å². The Morgan fingerprint density at radius 3 is 2.48 bits per heavy atom. The zero-order valence-corrected chi connectivity index (χ0v) is 16.2. The first-order valence-electron chi connectivity index (χ1n) is 8.62. The maximum Gasteiger partial charge on any atom is 0.229 e. The van der Waals surface area contributed by atoms with Gasteiger partial charge in [-0.05, 0) is 43.4 Å². The molecule has 0 aromatic carbocycles. The summed E-state index contributed by atoms with van der Waals surface area (Å²) in [5.41, 5.74) is 1.08. The molecule has 23 heavy (non-hydrogen) atoms. The standard InChI is InChI=1S/C17H24N2OS3/c1-10(2)14-9-21-16(18-14)19-15(20)11-7-12-3-4-13(8-11)17(12)22-5-6-23-17/h9-13H,3-8H2,1-2H3,(H,18,19,20). The van der Waals surface area contributed by atoms with Gasteiger partial charge in [0.1, 0.15) is 0 Å². The SMILES string of the molecule is CC(C)c1csc(NC(=O)C2CC3CCC(C2)C32SCCS2)n1. The summed E-state index contributed by atoms with van der Waals surface area (Å²) < 4.78 is 0.461. The average Bonchev–Trinajstić information content (AvgIpc) is 3.21. The molecule has 3 aliphatic rings. The van der Waals surface area contributed by atoms with E-state index in [2.05, 4.69) is 53.1 Å². The van der Waals surface area contributed by atoms with E-state index in [9.17, 15) is 4.79 Å². The summed E-state index contributed by atoms with van der Waals surface area (Å²) in [6, 6.07) is 0. The smallest absolute Gasteiger partial charge is 0.229 e. The summed E-state index contributed by atoms with van der Waals surface area (Å²) in [4.78, 5) is 17.3. The van der Waals surface area contributed by atoms with Crippen molar-refractivity contribution in [1.29, 1.82) is 0 Å². The molecule has 1 aromatic rings. The fourth-order valence-corrected chi connectivity index (χ4v) is 9.24. The lowest BCUT2D eigenvalue weighted by Gasteiger charge is -2.42. The number of hydrogen-bond acceptors (Lipinski definition) is 5. The number of thioether (sulfide) groups is 2. The predicted octanol–water partition coefficient (Wildman–Crippen LogP) is 4.82. The van der Waals surface area contributed by atoms with E-state index >= 15 is 0 Å². The van der Waals surface area contributed by atoms with Crippen LogP contribution in [0.2, 0.25) is 0 Å². The molecule has 1 aromatic heterocycles. The van der Waals surface area contributed by atoms with Gasteiger partial charge in [0.25, 0.3) is 0 Å². The monoisotopic (exact) mass is 368 g/mol. The first-order valence-corrected chi connectivity index (χ1v) is 11.5. The first-order chi connectivity index (χ1) is 11.1. The molecule has 2 aliphatic carbocycles. The van der Waals surface area contributed by atoms with E-state index in [0.717, 1.165) is 35.5 Å². The fourth-order valence-electron chi connectivity index (χ4n) is 4.43. The third kappa shape index (κ3) is 2.85. The van der Waals surface area contributed by atoms with Crippen LogP contribution in [0.4, 0.5) is 5.13 Å². The van der Waals surface area contributed by atoms with Gasteiger partial charge < -0.3 is 5.32 Å². The van der Waals surface area contributed by atoms with Crippen LogP contribution in [-0.4, -0.2) is 26.5 Å². The van der Waals surface area contributed by atoms with Crippen LogP contribution in [0.3, 0.4) is 0 Å². The lowest BCUT2D eigenvalue weighted by atomic mass is 9.79. The Kier molecular flexibility index (Phi) is 4.43. The van der Waals surface area contributed by atoms with Gasteiger partial charge in [0.05, 0.1) is 9.77 Å². The summed E-state index contributed by atoms with van der Waals surface area (Å²) in [6.07, 6.45) is 4.79. The van der Waals surface area contributed by atoms with Crippen molar-refractivity contribution in [2.75, 3.05) is 16.8 Å².